The molecule has 0 aromatic carbocycles. The van der Waals surface area contributed by atoms with Crippen LogP contribution >= 0.6 is 0 Å². The Morgan fingerprint density at radius 2 is 1.69 bits per heavy atom. The van der Waals surface area contributed by atoms with Crippen LogP contribution in [-0.2, 0) is 4.79 Å². The molecule has 0 bridgehead atoms. The number of carbonyl (C=O) groups is 1. The van der Waals surface area contributed by atoms with E-state index in [1.807, 2.05) is 0 Å². The molecule has 0 saturated heterocycles. The van der Waals surface area contributed by atoms with Crippen molar-refractivity contribution < 1.29 is 50.6 Å². The van der Waals surface area contributed by atoms with Crippen molar-refractivity contribution in [2.75, 3.05) is 13.2 Å². The van der Waals surface area contributed by atoms with E-state index in [-0.39, 0.29) is 20.3 Å². The smallest absolute Gasteiger partial charge is 1.00 e. The third kappa shape index (κ3) is 4.74. The third-order valence-corrected chi connectivity index (χ3v) is 1.39. The summed E-state index contributed by atoms with van der Waals surface area (Å²) in [5.41, 5.74) is 0. The second kappa shape index (κ2) is 7.47. The van der Waals surface area contributed by atoms with Gasteiger partial charge in [-0.3, -0.25) is 4.79 Å². The van der Waals surface area contributed by atoms with E-state index in [4.69, 9.17) is 25.5 Å². The zero-order chi connectivity index (χ0) is 9.72. The molecule has 0 unspecified atom stereocenters. The van der Waals surface area contributed by atoms with E-state index in [1.165, 1.54) is 0 Å². The van der Waals surface area contributed by atoms with Crippen LogP contribution in [0.4, 0.5) is 0 Å². The van der Waals surface area contributed by atoms with Crippen LogP contribution in [0.1, 0.15) is 1.43 Å². The van der Waals surface area contributed by atoms with Crippen LogP contribution in [0.25, 0.3) is 0 Å². The average Bonchev–Trinajstić information content (AvgIpc) is 2.12. The average molecular weight is 188 g/mol. The monoisotopic (exact) mass is 188 g/mol. The molecule has 0 amide bonds. The zero-order valence-electron chi connectivity index (χ0n) is 8.29. The number of carbonyl (C=O) groups excluding carboxylic acids is 1. The van der Waals surface area contributed by atoms with Gasteiger partial charge in [0.25, 0.3) is 0 Å². The molecule has 0 aromatic heterocycles. The molecule has 0 aromatic rings. The molecule has 0 radical (unpaired) electrons. The third-order valence-electron chi connectivity index (χ3n) is 1.39. The Bertz CT molecular complexity index is 157. The fourth-order valence-corrected chi connectivity index (χ4v) is 0.602. The van der Waals surface area contributed by atoms with E-state index in [2.05, 4.69) is 0 Å². The summed E-state index contributed by atoms with van der Waals surface area (Å²) in [6, 6.07) is 0. The van der Waals surface area contributed by atoms with Gasteiger partial charge in [-0.05, 0) is 0 Å². The zero-order valence-corrected chi connectivity index (χ0v) is 7.29. The van der Waals surface area contributed by atoms with E-state index in [9.17, 15) is 4.79 Å². The molecule has 0 heterocycles. The van der Waals surface area contributed by atoms with Crippen LogP contribution in [0.2, 0.25) is 0 Å². The summed E-state index contributed by atoms with van der Waals surface area (Å²) in [5, 5.41) is 43.1. The molecule has 3 atom stereocenters. The van der Waals surface area contributed by atoms with E-state index < -0.39 is 37.3 Å². The summed E-state index contributed by atoms with van der Waals surface area (Å²) in [5.74, 6) is -1.00. The maximum atomic E-state index is 10.5. The molecule has 13 heavy (non-hydrogen) atoms. The quantitative estimate of drug-likeness (QED) is 0.274. The summed E-state index contributed by atoms with van der Waals surface area (Å²) in [7, 11) is 0. The summed E-state index contributed by atoms with van der Waals surface area (Å²) < 4.78 is 0. The molecule has 74 valence electrons. The summed E-state index contributed by atoms with van der Waals surface area (Å²) in [6.45, 7) is -1.69. The molecule has 0 saturated carbocycles. The predicted molar refractivity (Wildman–Crippen MR) is 38.3 cm³/mol. The van der Waals surface area contributed by atoms with Gasteiger partial charge in [0.2, 0.25) is 0 Å². The van der Waals surface area contributed by atoms with Gasteiger partial charge >= 0.3 is 18.9 Å². The Kier molecular flexibility index (Phi) is 8.93. The van der Waals surface area contributed by atoms with E-state index in [0.717, 1.165) is 0 Å². The molecule has 6 nitrogen and oxygen atoms in total. The molecule has 7 heteroatoms. The normalized spacial score (nSPS) is 17.0. The van der Waals surface area contributed by atoms with Crippen molar-refractivity contribution >= 4 is 5.78 Å². The minimum atomic E-state index is -1.86. The molecule has 0 aliphatic rings. The molecule has 0 aliphatic heterocycles. The minimum absolute atomic E-state index is 0. The molecular formula is C6H13LiO6. The molecule has 0 fully saturated rings. The molecule has 0 spiro atoms. The fraction of sp³-hybridized carbons (Fsp3) is 0.833. The number of hydrogen-bond donors (Lipinski definition) is 5. The maximum Gasteiger partial charge on any atom is 1.00 e. The second-order valence-electron chi connectivity index (χ2n) is 2.31. The van der Waals surface area contributed by atoms with E-state index in [0.29, 0.717) is 0 Å². The summed E-state index contributed by atoms with van der Waals surface area (Å²) in [6.07, 6.45) is -5.22. The molecule has 0 rings (SSSR count). The van der Waals surface area contributed by atoms with Gasteiger partial charge in [-0.1, -0.05) is 0 Å². The van der Waals surface area contributed by atoms with Gasteiger partial charge in [0.15, 0.2) is 5.78 Å². The number of ketones is 1. The minimum Gasteiger partial charge on any atom is -1.00 e. The molecule has 0 aliphatic carbocycles. The Hall–Kier alpha value is 0.0674. The Balaban J connectivity index is -0.000000605. The van der Waals surface area contributed by atoms with Crippen molar-refractivity contribution in [3.8, 4) is 0 Å². The topological polar surface area (TPSA) is 118 Å². The van der Waals surface area contributed by atoms with E-state index >= 15 is 0 Å². The van der Waals surface area contributed by atoms with Crippen molar-refractivity contribution in [2.45, 2.75) is 18.3 Å². The van der Waals surface area contributed by atoms with Crippen molar-refractivity contribution in [1.29, 1.82) is 0 Å². The van der Waals surface area contributed by atoms with Crippen LogP contribution in [-0.4, -0.2) is 62.8 Å². The number of rotatable bonds is 5. The first kappa shape index (κ1) is 15.5. The number of aliphatic hydroxyl groups is 5. The van der Waals surface area contributed by atoms with Crippen LogP contribution in [0.5, 0.6) is 0 Å². The maximum absolute atomic E-state index is 10.5. The van der Waals surface area contributed by atoms with Crippen LogP contribution in [0.15, 0.2) is 0 Å². The van der Waals surface area contributed by atoms with Gasteiger partial charge in [0, 0.05) is 0 Å². The number of aliphatic hydroxyl groups excluding tert-OH is 5. The number of Topliss-reactive ketones (excluding diaryl/α,β-unsaturated/α-hetero) is 1. The molecular weight excluding hydrogens is 175 g/mol. The van der Waals surface area contributed by atoms with Crippen LogP contribution < -0.4 is 18.9 Å². The summed E-state index contributed by atoms with van der Waals surface area (Å²) in [4.78, 5) is 10.5. The van der Waals surface area contributed by atoms with Crippen molar-refractivity contribution in [2.24, 2.45) is 0 Å². The summed E-state index contributed by atoms with van der Waals surface area (Å²) >= 11 is 0. The van der Waals surface area contributed by atoms with Gasteiger partial charge < -0.3 is 27.0 Å². The first-order valence-corrected chi connectivity index (χ1v) is 3.33. The Labute approximate surface area is 88.5 Å². The van der Waals surface area contributed by atoms with Gasteiger partial charge in [0.05, 0.1) is 6.61 Å². The Morgan fingerprint density at radius 3 is 2.00 bits per heavy atom. The van der Waals surface area contributed by atoms with Gasteiger partial charge in [0.1, 0.15) is 24.9 Å². The first-order valence-electron chi connectivity index (χ1n) is 3.33. The SMILES string of the molecule is O=C(CO)[C@H](O)[C@@H](O)[C@H](O)CO.[H-].[Li+]. The van der Waals surface area contributed by atoms with Gasteiger partial charge in [-0.25, -0.2) is 0 Å². The van der Waals surface area contributed by atoms with Crippen molar-refractivity contribution in [3.63, 3.8) is 0 Å². The van der Waals surface area contributed by atoms with E-state index in [1.54, 1.807) is 0 Å². The van der Waals surface area contributed by atoms with Crippen molar-refractivity contribution in [3.05, 3.63) is 0 Å². The van der Waals surface area contributed by atoms with Crippen LogP contribution in [0, 0.1) is 0 Å². The Morgan fingerprint density at radius 1 is 1.23 bits per heavy atom. The molecule has 5 N–H and O–H groups in total. The van der Waals surface area contributed by atoms with Crippen LogP contribution in [0.3, 0.4) is 0 Å². The largest absolute Gasteiger partial charge is 1.00 e. The van der Waals surface area contributed by atoms with Gasteiger partial charge in [-0.15, -0.1) is 0 Å². The first-order chi connectivity index (χ1) is 5.54. The standard InChI is InChI=1S/C6H12O6.Li.H/c7-1-3(9)5(11)6(12)4(10)2-8;;/h3,5-9,11-12H,1-2H2;;/q;+1;-1/t3-,5+,6+;;/m1../s1. The second-order valence-corrected chi connectivity index (χ2v) is 2.31. The number of hydrogen-bond acceptors (Lipinski definition) is 6. The fourth-order valence-electron chi connectivity index (χ4n) is 0.602. The van der Waals surface area contributed by atoms with Crippen molar-refractivity contribution in [1.82, 2.24) is 0 Å². The van der Waals surface area contributed by atoms with Gasteiger partial charge in [-0.2, -0.15) is 0 Å². The predicted octanol–water partition coefficient (Wildman–Crippen LogP) is -6.26.